The number of rotatable bonds is 4. The lowest BCUT2D eigenvalue weighted by Gasteiger charge is -2.22. The molecule has 0 spiro atoms. The number of carbonyl (C=O) groups is 2. The highest BCUT2D eigenvalue weighted by Crippen LogP contribution is 2.17. The highest BCUT2D eigenvalue weighted by atomic mass is 32.2. The average Bonchev–Trinajstić information content (AvgIpc) is 2.49. The molecule has 0 aromatic heterocycles. The topological polar surface area (TPSA) is 58.2 Å². The minimum atomic E-state index is -0.263. The van der Waals surface area contributed by atoms with E-state index in [0.717, 1.165) is 18.6 Å². The molecule has 1 aromatic rings. The summed E-state index contributed by atoms with van der Waals surface area (Å²) in [4.78, 5) is 23.2. The predicted molar refractivity (Wildman–Crippen MR) is 83.1 cm³/mol. The van der Waals surface area contributed by atoms with Crippen molar-refractivity contribution in [1.82, 2.24) is 5.32 Å². The van der Waals surface area contributed by atoms with Gasteiger partial charge in [0.25, 0.3) is 5.91 Å². The Hall–Kier alpha value is -1.75. The molecule has 0 saturated carbocycles. The molecule has 4 nitrogen and oxygen atoms in total. The summed E-state index contributed by atoms with van der Waals surface area (Å²) in [7, 11) is 0. The molecule has 1 unspecified atom stereocenters. The summed E-state index contributed by atoms with van der Waals surface area (Å²) in [5, 5.41) is 5.69. The molecule has 1 aliphatic rings. The van der Waals surface area contributed by atoms with Crippen molar-refractivity contribution in [3.63, 3.8) is 0 Å². The summed E-state index contributed by atoms with van der Waals surface area (Å²) < 4.78 is 0. The van der Waals surface area contributed by atoms with Gasteiger partial charge < -0.3 is 10.6 Å². The maximum atomic E-state index is 12.1. The normalized spacial score (nSPS) is 18.1. The Balaban J connectivity index is 1.92. The van der Waals surface area contributed by atoms with Gasteiger partial charge in [-0.3, -0.25) is 9.59 Å². The molecule has 1 fully saturated rings. The summed E-state index contributed by atoms with van der Waals surface area (Å²) in [5.41, 5.74) is 1.26. The molecule has 1 saturated heterocycles. The number of anilines is 1. The number of thioether (sulfide) groups is 1. The fraction of sp³-hybridized carbons (Fsp3) is 0.333. The van der Waals surface area contributed by atoms with E-state index in [1.165, 1.54) is 11.8 Å². The summed E-state index contributed by atoms with van der Waals surface area (Å²) in [6.07, 6.45) is 3.41. The Kier molecular flexibility index (Phi) is 5.24. The van der Waals surface area contributed by atoms with Crippen LogP contribution in [0.4, 0.5) is 5.69 Å². The minimum Gasteiger partial charge on any atom is -0.348 e. The molecule has 5 heteroatoms. The van der Waals surface area contributed by atoms with E-state index in [-0.39, 0.29) is 17.9 Å². The molecule has 2 N–H and O–H groups in total. The maximum absolute atomic E-state index is 12.1. The van der Waals surface area contributed by atoms with E-state index < -0.39 is 0 Å². The van der Waals surface area contributed by atoms with Crippen molar-refractivity contribution in [3.05, 3.63) is 42.5 Å². The SMILES string of the molecule is C=CC(=O)Nc1ccc(C(=O)NC2CCCSC2)cc1. The maximum Gasteiger partial charge on any atom is 0.251 e. The third-order valence-corrected chi connectivity index (χ3v) is 4.31. The van der Waals surface area contributed by atoms with Gasteiger partial charge in [-0.25, -0.2) is 0 Å². The lowest BCUT2D eigenvalue weighted by atomic mass is 10.1. The second kappa shape index (κ2) is 7.14. The molecule has 0 bridgehead atoms. The van der Waals surface area contributed by atoms with Crippen LogP contribution in [0.2, 0.25) is 0 Å². The van der Waals surface area contributed by atoms with Gasteiger partial charge in [-0.2, -0.15) is 11.8 Å². The van der Waals surface area contributed by atoms with Crippen LogP contribution in [0.3, 0.4) is 0 Å². The third-order valence-electron chi connectivity index (χ3n) is 3.10. The number of amides is 2. The van der Waals surface area contributed by atoms with E-state index >= 15 is 0 Å². The molecule has 106 valence electrons. The lowest BCUT2D eigenvalue weighted by molar-refractivity contribution is -0.111. The first-order valence-corrected chi connectivity index (χ1v) is 7.76. The largest absolute Gasteiger partial charge is 0.348 e. The van der Waals surface area contributed by atoms with Gasteiger partial charge in [-0.15, -0.1) is 0 Å². The van der Waals surface area contributed by atoms with Gasteiger partial charge in [0, 0.05) is 23.0 Å². The molecule has 20 heavy (non-hydrogen) atoms. The molecule has 0 radical (unpaired) electrons. The number of carbonyl (C=O) groups excluding carboxylic acids is 2. The van der Waals surface area contributed by atoms with E-state index in [2.05, 4.69) is 17.2 Å². The second-order valence-electron chi connectivity index (χ2n) is 4.66. The zero-order chi connectivity index (χ0) is 14.4. The van der Waals surface area contributed by atoms with Crippen LogP contribution < -0.4 is 10.6 Å². The average molecular weight is 290 g/mol. The van der Waals surface area contributed by atoms with E-state index in [1.807, 2.05) is 11.8 Å². The van der Waals surface area contributed by atoms with Crippen LogP contribution in [0.5, 0.6) is 0 Å². The second-order valence-corrected chi connectivity index (χ2v) is 5.81. The number of hydrogen-bond donors (Lipinski definition) is 2. The Morgan fingerprint density at radius 3 is 2.65 bits per heavy atom. The number of nitrogens with one attached hydrogen (secondary N) is 2. The predicted octanol–water partition coefficient (Wildman–Crippen LogP) is 2.44. The third kappa shape index (κ3) is 4.13. The molecular weight excluding hydrogens is 272 g/mol. The van der Waals surface area contributed by atoms with Crippen LogP contribution in [0.15, 0.2) is 36.9 Å². The Bertz CT molecular complexity index is 493. The molecule has 1 aliphatic heterocycles. The highest BCUT2D eigenvalue weighted by Gasteiger charge is 2.16. The van der Waals surface area contributed by atoms with Crippen LogP contribution in [0.1, 0.15) is 23.2 Å². The van der Waals surface area contributed by atoms with E-state index in [9.17, 15) is 9.59 Å². The van der Waals surface area contributed by atoms with Gasteiger partial charge in [-0.05, 0) is 48.9 Å². The van der Waals surface area contributed by atoms with Crippen molar-refractivity contribution >= 4 is 29.3 Å². The summed E-state index contributed by atoms with van der Waals surface area (Å²) >= 11 is 1.88. The Labute approximate surface area is 123 Å². The van der Waals surface area contributed by atoms with Crippen molar-refractivity contribution in [2.24, 2.45) is 0 Å². The first-order valence-electron chi connectivity index (χ1n) is 6.61. The van der Waals surface area contributed by atoms with Gasteiger partial charge in [0.2, 0.25) is 5.91 Å². The smallest absolute Gasteiger partial charge is 0.251 e. The van der Waals surface area contributed by atoms with Crippen molar-refractivity contribution in [3.8, 4) is 0 Å². The first kappa shape index (κ1) is 14.7. The first-order chi connectivity index (χ1) is 9.69. The molecular formula is C15H18N2O2S. The molecule has 2 rings (SSSR count). The summed E-state index contributed by atoms with van der Waals surface area (Å²) in [5.74, 6) is 1.85. The van der Waals surface area contributed by atoms with E-state index in [4.69, 9.17) is 0 Å². The Morgan fingerprint density at radius 2 is 2.05 bits per heavy atom. The zero-order valence-electron chi connectivity index (χ0n) is 11.2. The fourth-order valence-electron chi connectivity index (χ4n) is 2.02. The van der Waals surface area contributed by atoms with Crippen LogP contribution in [-0.2, 0) is 4.79 Å². The van der Waals surface area contributed by atoms with Crippen LogP contribution in [0.25, 0.3) is 0 Å². The number of hydrogen-bond acceptors (Lipinski definition) is 3. The quantitative estimate of drug-likeness (QED) is 0.837. The highest BCUT2D eigenvalue weighted by molar-refractivity contribution is 7.99. The van der Waals surface area contributed by atoms with Crippen molar-refractivity contribution in [1.29, 1.82) is 0 Å². The molecule has 1 aromatic carbocycles. The molecule has 1 atom stereocenters. The van der Waals surface area contributed by atoms with Gasteiger partial charge in [-0.1, -0.05) is 6.58 Å². The molecule has 0 aliphatic carbocycles. The summed E-state index contributed by atoms with van der Waals surface area (Å²) in [6.45, 7) is 3.39. The summed E-state index contributed by atoms with van der Waals surface area (Å²) in [6, 6.07) is 7.12. The zero-order valence-corrected chi connectivity index (χ0v) is 12.0. The van der Waals surface area contributed by atoms with E-state index in [0.29, 0.717) is 11.3 Å². The minimum absolute atomic E-state index is 0.0564. The van der Waals surface area contributed by atoms with E-state index in [1.54, 1.807) is 24.3 Å². The fourth-order valence-corrected chi connectivity index (χ4v) is 3.09. The Morgan fingerprint density at radius 1 is 1.30 bits per heavy atom. The standard InChI is InChI=1S/C15H18N2O2S/c1-2-14(18)16-12-7-5-11(6-8-12)15(19)17-13-4-3-9-20-10-13/h2,5-8,13H,1,3-4,9-10H2,(H,16,18)(H,17,19). The molecule has 2 amide bonds. The van der Waals surface area contributed by atoms with Crippen molar-refractivity contribution in [2.45, 2.75) is 18.9 Å². The monoisotopic (exact) mass is 290 g/mol. The van der Waals surface area contributed by atoms with Gasteiger partial charge in [0.1, 0.15) is 0 Å². The molecule has 1 heterocycles. The van der Waals surface area contributed by atoms with Crippen LogP contribution in [-0.4, -0.2) is 29.4 Å². The van der Waals surface area contributed by atoms with Crippen molar-refractivity contribution in [2.75, 3.05) is 16.8 Å². The number of benzene rings is 1. The van der Waals surface area contributed by atoms with Gasteiger partial charge >= 0.3 is 0 Å². The van der Waals surface area contributed by atoms with Crippen LogP contribution >= 0.6 is 11.8 Å². The van der Waals surface area contributed by atoms with Gasteiger partial charge in [0.15, 0.2) is 0 Å². The van der Waals surface area contributed by atoms with Crippen molar-refractivity contribution < 1.29 is 9.59 Å². The van der Waals surface area contributed by atoms with Gasteiger partial charge in [0.05, 0.1) is 0 Å². The lowest BCUT2D eigenvalue weighted by Crippen LogP contribution is -2.38. The van der Waals surface area contributed by atoms with Crippen LogP contribution in [0, 0.1) is 0 Å².